The summed E-state index contributed by atoms with van der Waals surface area (Å²) in [4.78, 5) is 4.35. The fourth-order valence-corrected chi connectivity index (χ4v) is 2.17. The van der Waals surface area contributed by atoms with Crippen LogP contribution in [0.15, 0.2) is 22.7 Å². The fraction of sp³-hybridized carbons (Fsp3) is 0.500. The van der Waals surface area contributed by atoms with Crippen LogP contribution in [0.1, 0.15) is 39.4 Å². The molecule has 0 amide bonds. The van der Waals surface area contributed by atoms with Crippen molar-refractivity contribution in [3.8, 4) is 5.75 Å². The van der Waals surface area contributed by atoms with Crippen molar-refractivity contribution in [2.75, 3.05) is 5.32 Å². The number of anilines is 1. The highest BCUT2D eigenvalue weighted by molar-refractivity contribution is 6.32. The van der Waals surface area contributed by atoms with E-state index in [0.717, 1.165) is 17.9 Å². The number of hydrogen-bond acceptors (Lipinski definition) is 5. The van der Waals surface area contributed by atoms with Gasteiger partial charge in [0.15, 0.2) is 5.82 Å². The van der Waals surface area contributed by atoms with Crippen LogP contribution >= 0.6 is 11.6 Å². The minimum Gasteiger partial charge on any atom is -0.489 e. The molecule has 0 unspecified atom stereocenters. The summed E-state index contributed by atoms with van der Waals surface area (Å²) in [5.74, 6) is 2.49. The lowest BCUT2D eigenvalue weighted by atomic mass is 10.1. The molecule has 0 atom stereocenters. The third-order valence-corrected chi connectivity index (χ3v) is 3.13. The van der Waals surface area contributed by atoms with Crippen LogP contribution in [0.3, 0.4) is 0 Å². The number of nitrogens with zero attached hydrogens (tertiary/aromatic N) is 2. The van der Waals surface area contributed by atoms with Crippen LogP contribution in [0.5, 0.6) is 5.75 Å². The number of ether oxygens (including phenoxy) is 1. The first-order valence-corrected chi connectivity index (χ1v) is 7.83. The van der Waals surface area contributed by atoms with Crippen LogP contribution < -0.4 is 10.1 Å². The van der Waals surface area contributed by atoms with E-state index in [-0.39, 0.29) is 6.10 Å². The van der Waals surface area contributed by atoms with Crippen LogP contribution in [-0.4, -0.2) is 16.2 Å². The van der Waals surface area contributed by atoms with E-state index in [9.17, 15) is 0 Å². The van der Waals surface area contributed by atoms with Crippen LogP contribution in [0.2, 0.25) is 5.02 Å². The molecule has 2 aromatic rings. The molecule has 0 aliphatic carbocycles. The molecular weight excluding hydrogens is 302 g/mol. The second kappa shape index (κ2) is 7.49. The van der Waals surface area contributed by atoms with E-state index in [4.69, 9.17) is 20.9 Å². The number of benzene rings is 1. The predicted molar refractivity (Wildman–Crippen MR) is 87.4 cm³/mol. The Bertz CT molecular complexity index is 611. The zero-order valence-electron chi connectivity index (χ0n) is 13.4. The van der Waals surface area contributed by atoms with Gasteiger partial charge in [0.05, 0.1) is 17.7 Å². The first-order chi connectivity index (χ1) is 10.4. The highest BCUT2D eigenvalue weighted by Crippen LogP contribution is 2.28. The van der Waals surface area contributed by atoms with Gasteiger partial charge in [-0.3, -0.25) is 0 Å². The van der Waals surface area contributed by atoms with Crippen LogP contribution in [0.4, 0.5) is 5.69 Å². The van der Waals surface area contributed by atoms with Gasteiger partial charge in [0, 0.05) is 12.1 Å². The van der Waals surface area contributed by atoms with Gasteiger partial charge in [-0.25, -0.2) is 0 Å². The van der Waals surface area contributed by atoms with Gasteiger partial charge in [-0.2, -0.15) is 4.98 Å². The van der Waals surface area contributed by atoms with Gasteiger partial charge in [-0.1, -0.05) is 30.6 Å². The molecule has 0 aliphatic rings. The molecule has 0 fully saturated rings. The molecule has 0 radical (unpaired) electrons. The molecule has 1 N–H and O–H groups in total. The fourth-order valence-electron chi connectivity index (χ4n) is 1.95. The van der Waals surface area contributed by atoms with Crippen molar-refractivity contribution < 1.29 is 9.26 Å². The molecule has 1 heterocycles. The van der Waals surface area contributed by atoms with E-state index in [1.54, 1.807) is 0 Å². The van der Waals surface area contributed by atoms with Gasteiger partial charge in [-0.05, 0) is 38.0 Å². The van der Waals surface area contributed by atoms with Gasteiger partial charge >= 0.3 is 0 Å². The molecule has 120 valence electrons. The lowest BCUT2D eigenvalue weighted by Crippen LogP contribution is -2.06. The smallest absolute Gasteiger partial charge is 0.245 e. The lowest BCUT2D eigenvalue weighted by molar-refractivity contribution is 0.242. The Morgan fingerprint density at radius 2 is 2.05 bits per heavy atom. The number of aromatic nitrogens is 2. The Hall–Kier alpha value is -1.75. The first kappa shape index (κ1) is 16.6. The van der Waals surface area contributed by atoms with E-state index < -0.39 is 0 Å². The van der Waals surface area contributed by atoms with E-state index in [2.05, 4.69) is 29.3 Å². The maximum atomic E-state index is 6.20. The molecule has 6 heteroatoms. The van der Waals surface area contributed by atoms with Crippen molar-refractivity contribution in [3.05, 3.63) is 34.9 Å². The number of hydrogen-bond donors (Lipinski definition) is 1. The van der Waals surface area contributed by atoms with Crippen LogP contribution in [0.25, 0.3) is 0 Å². The normalized spacial score (nSPS) is 11.2. The standard InChI is InChI=1S/C16H22ClN3O2/c1-10(2)7-15-19-16(22-20-15)9-18-12-5-6-14(13(17)8-12)21-11(3)4/h5-6,8,10-11,18H,7,9H2,1-4H3. The lowest BCUT2D eigenvalue weighted by Gasteiger charge is -2.12. The Morgan fingerprint density at radius 1 is 1.27 bits per heavy atom. The molecule has 22 heavy (non-hydrogen) atoms. The Kier molecular flexibility index (Phi) is 5.66. The molecule has 1 aromatic heterocycles. The van der Waals surface area contributed by atoms with Crippen LogP contribution in [0, 0.1) is 5.92 Å². The highest BCUT2D eigenvalue weighted by Gasteiger charge is 2.09. The highest BCUT2D eigenvalue weighted by atomic mass is 35.5. The average Bonchev–Trinajstić information content (AvgIpc) is 2.85. The molecule has 0 saturated carbocycles. The largest absolute Gasteiger partial charge is 0.489 e. The topological polar surface area (TPSA) is 60.2 Å². The molecule has 5 nitrogen and oxygen atoms in total. The Balaban J connectivity index is 1.94. The molecule has 0 bridgehead atoms. The van der Waals surface area contributed by atoms with Gasteiger partial charge in [-0.15, -0.1) is 0 Å². The predicted octanol–water partition coefficient (Wildman–Crippen LogP) is 4.32. The van der Waals surface area contributed by atoms with Crippen molar-refractivity contribution in [3.63, 3.8) is 0 Å². The van der Waals surface area contributed by atoms with Crippen molar-refractivity contribution in [1.29, 1.82) is 0 Å². The minimum atomic E-state index is 0.0917. The molecule has 2 rings (SSSR count). The third kappa shape index (κ3) is 4.91. The van der Waals surface area contributed by atoms with Crippen molar-refractivity contribution in [1.82, 2.24) is 10.1 Å². The van der Waals surface area contributed by atoms with Crippen LogP contribution in [-0.2, 0) is 13.0 Å². The van der Waals surface area contributed by atoms with Gasteiger partial charge in [0.25, 0.3) is 0 Å². The Labute approximate surface area is 136 Å². The summed E-state index contributed by atoms with van der Waals surface area (Å²) in [7, 11) is 0. The molecular formula is C16H22ClN3O2. The summed E-state index contributed by atoms with van der Waals surface area (Å²) in [6, 6.07) is 5.59. The zero-order valence-corrected chi connectivity index (χ0v) is 14.1. The molecule has 1 aromatic carbocycles. The monoisotopic (exact) mass is 323 g/mol. The number of halogens is 1. The summed E-state index contributed by atoms with van der Waals surface area (Å²) in [6.45, 7) is 8.64. The van der Waals surface area contributed by atoms with Crippen molar-refractivity contribution in [2.24, 2.45) is 5.92 Å². The second-order valence-corrected chi connectivity index (χ2v) is 6.27. The van der Waals surface area contributed by atoms with Gasteiger partial charge in [0.2, 0.25) is 5.89 Å². The van der Waals surface area contributed by atoms with Gasteiger partial charge < -0.3 is 14.6 Å². The summed E-state index contributed by atoms with van der Waals surface area (Å²) < 4.78 is 10.8. The summed E-state index contributed by atoms with van der Waals surface area (Å²) in [6.07, 6.45) is 0.908. The van der Waals surface area contributed by atoms with Crippen molar-refractivity contribution in [2.45, 2.75) is 46.8 Å². The average molecular weight is 324 g/mol. The Morgan fingerprint density at radius 3 is 2.68 bits per heavy atom. The van der Waals surface area contributed by atoms with E-state index in [0.29, 0.717) is 29.1 Å². The van der Waals surface area contributed by atoms with Crippen molar-refractivity contribution >= 4 is 17.3 Å². The number of rotatable bonds is 7. The van der Waals surface area contributed by atoms with E-state index >= 15 is 0 Å². The molecule has 0 spiro atoms. The zero-order chi connectivity index (χ0) is 16.1. The third-order valence-electron chi connectivity index (χ3n) is 2.84. The quantitative estimate of drug-likeness (QED) is 0.822. The SMILES string of the molecule is CC(C)Cc1noc(CNc2ccc(OC(C)C)c(Cl)c2)n1. The van der Waals surface area contributed by atoms with Gasteiger partial charge in [0.1, 0.15) is 5.75 Å². The maximum Gasteiger partial charge on any atom is 0.245 e. The summed E-state index contributed by atoms with van der Waals surface area (Å²) in [5.41, 5.74) is 0.879. The number of nitrogens with one attached hydrogen (secondary N) is 1. The maximum absolute atomic E-state index is 6.20. The molecule has 0 saturated heterocycles. The summed E-state index contributed by atoms with van der Waals surface area (Å²) in [5, 5.41) is 7.75. The van der Waals surface area contributed by atoms with E-state index in [1.165, 1.54) is 0 Å². The second-order valence-electron chi connectivity index (χ2n) is 5.87. The molecule has 0 aliphatic heterocycles. The van der Waals surface area contributed by atoms with E-state index in [1.807, 2.05) is 32.0 Å². The minimum absolute atomic E-state index is 0.0917. The first-order valence-electron chi connectivity index (χ1n) is 7.45. The summed E-state index contributed by atoms with van der Waals surface area (Å²) >= 11 is 6.20.